The highest BCUT2D eigenvalue weighted by Crippen LogP contribution is 2.15. The van der Waals surface area contributed by atoms with Gasteiger partial charge >= 0.3 is 0 Å². The highest BCUT2D eigenvalue weighted by molar-refractivity contribution is 5.91. The van der Waals surface area contributed by atoms with Crippen molar-refractivity contribution in [2.45, 2.75) is 13.5 Å². The molecule has 2 heterocycles. The Kier molecular flexibility index (Phi) is 8.13. The van der Waals surface area contributed by atoms with Gasteiger partial charge in [0.2, 0.25) is 0 Å². The first kappa shape index (κ1) is 23.2. The van der Waals surface area contributed by atoms with Crippen molar-refractivity contribution >= 4 is 17.8 Å². The van der Waals surface area contributed by atoms with Crippen LogP contribution in [0.2, 0.25) is 0 Å². The van der Waals surface area contributed by atoms with Crippen LogP contribution in [0.15, 0.2) is 52.1 Å². The molecule has 1 saturated heterocycles. The van der Waals surface area contributed by atoms with Gasteiger partial charge in [0.05, 0.1) is 12.8 Å². The zero-order chi connectivity index (χ0) is 22.9. The molecule has 0 spiro atoms. The van der Waals surface area contributed by atoms with Gasteiger partial charge in [0.1, 0.15) is 5.75 Å². The fourth-order valence-electron chi connectivity index (χ4n) is 3.28. The number of rotatable bonds is 7. The molecule has 9 heteroatoms. The molecule has 0 radical (unpaired) electrons. The lowest BCUT2D eigenvalue weighted by Crippen LogP contribution is -2.53. The average molecular weight is 442 g/mol. The van der Waals surface area contributed by atoms with Crippen molar-refractivity contribution in [3.63, 3.8) is 0 Å². The summed E-state index contributed by atoms with van der Waals surface area (Å²) in [6.07, 6.45) is 1.51. The maximum Gasteiger partial charge on any atom is 0.289 e. The smallest absolute Gasteiger partial charge is 0.289 e. The number of furan rings is 1. The summed E-state index contributed by atoms with van der Waals surface area (Å²) < 4.78 is 10.8. The lowest BCUT2D eigenvalue weighted by Gasteiger charge is -2.36. The van der Waals surface area contributed by atoms with Crippen LogP contribution in [0.25, 0.3) is 0 Å². The van der Waals surface area contributed by atoms with Crippen LogP contribution in [0, 0.1) is 0 Å². The third kappa shape index (κ3) is 6.26. The molecule has 32 heavy (non-hydrogen) atoms. The number of carbonyl (C=O) groups excluding carboxylic acids is 2. The van der Waals surface area contributed by atoms with Gasteiger partial charge in [-0.2, -0.15) is 0 Å². The minimum Gasteiger partial charge on any atom is -0.484 e. The summed E-state index contributed by atoms with van der Waals surface area (Å²) in [7, 11) is 3.40. The standard InChI is InChI=1S/C23H31N5O4/c1-4-24-23(28-12-10-27(11-13-28)22(30)20-9-6-14-31-20)25-16-18-7-5-8-19(15-18)32-17-21(29)26(2)3/h5-9,14-15H,4,10-13,16-17H2,1-3H3,(H,24,25). The van der Waals surface area contributed by atoms with E-state index in [1.807, 2.05) is 31.2 Å². The summed E-state index contributed by atoms with van der Waals surface area (Å²) in [6, 6.07) is 11.0. The van der Waals surface area contributed by atoms with Gasteiger partial charge in [-0.1, -0.05) is 12.1 Å². The molecule has 172 valence electrons. The molecule has 9 nitrogen and oxygen atoms in total. The fourth-order valence-corrected chi connectivity index (χ4v) is 3.28. The molecule has 0 aliphatic carbocycles. The third-order valence-electron chi connectivity index (χ3n) is 5.10. The highest BCUT2D eigenvalue weighted by Gasteiger charge is 2.25. The lowest BCUT2D eigenvalue weighted by molar-refractivity contribution is -0.130. The second-order valence-corrected chi connectivity index (χ2v) is 7.65. The van der Waals surface area contributed by atoms with Gasteiger partial charge in [-0.25, -0.2) is 4.99 Å². The van der Waals surface area contributed by atoms with E-state index >= 15 is 0 Å². The average Bonchev–Trinajstić information content (AvgIpc) is 3.35. The molecule has 2 aromatic rings. The van der Waals surface area contributed by atoms with E-state index in [2.05, 4.69) is 10.2 Å². The van der Waals surface area contributed by atoms with Crippen LogP contribution in [0.4, 0.5) is 0 Å². The second kappa shape index (κ2) is 11.2. The zero-order valence-corrected chi connectivity index (χ0v) is 18.9. The quantitative estimate of drug-likeness (QED) is 0.519. The molecule has 2 amide bonds. The van der Waals surface area contributed by atoms with E-state index in [0.717, 1.165) is 18.1 Å². The number of nitrogens with zero attached hydrogens (tertiary/aromatic N) is 4. The molecule has 1 aliphatic rings. The number of carbonyl (C=O) groups is 2. The van der Waals surface area contributed by atoms with Crippen molar-refractivity contribution in [1.82, 2.24) is 20.0 Å². The van der Waals surface area contributed by atoms with Gasteiger partial charge in [0.15, 0.2) is 18.3 Å². The van der Waals surface area contributed by atoms with Crippen LogP contribution in [0.5, 0.6) is 5.75 Å². The van der Waals surface area contributed by atoms with E-state index in [1.54, 1.807) is 31.1 Å². The normalized spacial score (nSPS) is 14.3. The number of guanidine groups is 1. The number of likely N-dealkylation sites (N-methyl/N-ethyl adjacent to an activating group) is 1. The van der Waals surface area contributed by atoms with Gasteiger partial charge in [-0.05, 0) is 36.8 Å². The molecule has 1 aromatic heterocycles. The maximum atomic E-state index is 12.5. The molecule has 1 aromatic carbocycles. The number of piperazine rings is 1. The Hall–Kier alpha value is -3.49. The largest absolute Gasteiger partial charge is 0.484 e. The van der Waals surface area contributed by atoms with Crippen molar-refractivity contribution in [2.75, 3.05) is 53.4 Å². The van der Waals surface area contributed by atoms with Gasteiger partial charge in [0.25, 0.3) is 11.8 Å². The number of benzene rings is 1. The number of hydrogen-bond donors (Lipinski definition) is 1. The van der Waals surface area contributed by atoms with E-state index in [4.69, 9.17) is 14.1 Å². The van der Waals surface area contributed by atoms with Gasteiger partial charge < -0.3 is 29.2 Å². The van der Waals surface area contributed by atoms with Crippen molar-refractivity contribution < 1.29 is 18.7 Å². The molecule has 1 fully saturated rings. The molecule has 1 N–H and O–H groups in total. The van der Waals surface area contributed by atoms with E-state index in [9.17, 15) is 9.59 Å². The predicted octanol–water partition coefficient (Wildman–Crippen LogP) is 1.67. The van der Waals surface area contributed by atoms with E-state index in [1.165, 1.54) is 11.2 Å². The van der Waals surface area contributed by atoms with Crippen LogP contribution < -0.4 is 10.1 Å². The monoisotopic (exact) mass is 441 g/mol. The first-order valence-electron chi connectivity index (χ1n) is 10.8. The van der Waals surface area contributed by atoms with Gasteiger partial charge in [-0.3, -0.25) is 9.59 Å². The van der Waals surface area contributed by atoms with E-state index in [0.29, 0.717) is 44.2 Å². The summed E-state index contributed by atoms with van der Waals surface area (Å²) in [5.74, 6) is 1.65. The molecule has 0 unspecified atom stereocenters. The summed E-state index contributed by atoms with van der Waals surface area (Å²) in [6.45, 7) is 5.85. The number of amides is 2. The topological polar surface area (TPSA) is 90.6 Å². The Balaban J connectivity index is 1.58. The van der Waals surface area contributed by atoms with Crippen molar-refractivity contribution in [3.8, 4) is 5.75 Å². The first-order chi connectivity index (χ1) is 15.5. The summed E-state index contributed by atoms with van der Waals surface area (Å²) >= 11 is 0. The number of ether oxygens (including phenoxy) is 1. The lowest BCUT2D eigenvalue weighted by atomic mass is 10.2. The molecular weight excluding hydrogens is 410 g/mol. The van der Waals surface area contributed by atoms with E-state index < -0.39 is 0 Å². The third-order valence-corrected chi connectivity index (χ3v) is 5.10. The predicted molar refractivity (Wildman–Crippen MR) is 122 cm³/mol. The first-order valence-corrected chi connectivity index (χ1v) is 10.8. The minimum absolute atomic E-state index is 0.00334. The minimum atomic E-state index is -0.0903. The Morgan fingerprint density at radius 3 is 2.53 bits per heavy atom. The van der Waals surface area contributed by atoms with Crippen molar-refractivity contribution in [2.24, 2.45) is 4.99 Å². The zero-order valence-electron chi connectivity index (χ0n) is 18.9. The highest BCUT2D eigenvalue weighted by atomic mass is 16.5. The van der Waals surface area contributed by atoms with Gasteiger partial charge in [0, 0.05) is 46.8 Å². The van der Waals surface area contributed by atoms with Crippen LogP contribution in [0.3, 0.4) is 0 Å². The Labute approximate surface area is 188 Å². The van der Waals surface area contributed by atoms with Gasteiger partial charge in [-0.15, -0.1) is 0 Å². The van der Waals surface area contributed by atoms with E-state index in [-0.39, 0.29) is 18.4 Å². The molecule has 0 atom stereocenters. The van der Waals surface area contributed by atoms with Crippen molar-refractivity contribution in [1.29, 1.82) is 0 Å². The molecular formula is C23H31N5O4. The number of hydrogen-bond acceptors (Lipinski definition) is 5. The Morgan fingerprint density at radius 1 is 1.12 bits per heavy atom. The maximum absolute atomic E-state index is 12.5. The SMILES string of the molecule is CCNC(=NCc1cccc(OCC(=O)N(C)C)c1)N1CCN(C(=O)c2ccco2)CC1. The van der Waals surface area contributed by atoms with Crippen LogP contribution >= 0.6 is 0 Å². The molecule has 1 aliphatic heterocycles. The van der Waals surface area contributed by atoms with Crippen molar-refractivity contribution in [3.05, 3.63) is 54.0 Å². The van der Waals surface area contributed by atoms with Crippen LogP contribution in [-0.4, -0.2) is 85.9 Å². The van der Waals surface area contributed by atoms with Crippen LogP contribution in [0.1, 0.15) is 23.0 Å². The molecule has 0 bridgehead atoms. The molecule has 3 rings (SSSR count). The fraction of sp³-hybridized carbons (Fsp3) is 0.435. The number of aliphatic imine (C=N–C) groups is 1. The Bertz CT molecular complexity index is 918. The summed E-state index contributed by atoms with van der Waals surface area (Å²) in [5, 5.41) is 3.33. The summed E-state index contributed by atoms with van der Waals surface area (Å²) in [4.78, 5) is 34.4. The Morgan fingerprint density at radius 2 is 1.88 bits per heavy atom. The number of nitrogens with one attached hydrogen (secondary N) is 1. The second-order valence-electron chi connectivity index (χ2n) is 7.65. The van der Waals surface area contributed by atoms with Crippen LogP contribution in [-0.2, 0) is 11.3 Å². The summed E-state index contributed by atoms with van der Waals surface area (Å²) in [5.41, 5.74) is 0.988. The molecule has 0 saturated carbocycles.